The van der Waals surface area contributed by atoms with Gasteiger partial charge in [-0.25, -0.2) is 0 Å². The van der Waals surface area contributed by atoms with E-state index in [4.69, 9.17) is 4.74 Å². The molecule has 7 aromatic rings. The zero-order valence-corrected chi connectivity index (χ0v) is 21.0. The van der Waals surface area contributed by atoms with Crippen LogP contribution in [0.2, 0.25) is 0 Å². The van der Waals surface area contributed by atoms with E-state index in [0.29, 0.717) is 0 Å². The van der Waals surface area contributed by atoms with Crippen LogP contribution in [0.5, 0.6) is 11.5 Å². The Balaban J connectivity index is 1.47. The highest BCUT2D eigenvalue weighted by molar-refractivity contribution is 6.22. The molecule has 178 valence electrons. The Labute approximate surface area is 221 Å². The fraction of sp³-hybridized carbons (Fsp3) is 0.0270. The molecule has 0 saturated heterocycles. The maximum Gasteiger partial charge on any atom is 0.135 e. The maximum atomic E-state index is 6.41. The number of fused-ring (bicyclic) bond motifs is 4. The molecule has 0 aliphatic carbocycles. The molecule has 0 unspecified atom stereocenters. The van der Waals surface area contributed by atoms with Crippen molar-refractivity contribution in [2.75, 3.05) is 0 Å². The zero-order valence-electron chi connectivity index (χ0n) is 21.0. The summed E-state index contributed by atoms with van der Waals surface area (Å²) in [6.45, 7) is 2.20. The smallest absolute Gasteiger partial charge is 0.135 e. The van der Waals surface area contributed by atoms with Crippen LogP contribution in [0.25, 0.3) is 65.7 Å². The summed E-state index contributed by atoms with van der Waals surface area (Å²) in [6.07, 6.45) is 0. The van der Waals surface area contributed by atoms with Crippen molar-refractivity contribution >= 4 is 32.3 Å². The number of ether oxygens (including phenoxy) is 1. The highest BCUT2D eigenvalue weighted by Gasteiger charge is 2.22. The molecule has 1 aliphatic heterocycles. The molecule has 0 radical (unpaired) electrons. The van der Waals surface area contributed by atoms with E-state index < -0.39 is 0 Å². The van der Waals surface area contributed by atoms with Gasteiger partial charge < -0.3 is 4.74 Å². The molecule has 1 nitrogen and oxygen atoms in total. The van der Waals surface area contributed by atoms with Gasteiger partial charge in [-0.1, -0.05) is 109 Å². The number of hydrogen-bond donors (Lipinski definition) is 0. The molecule has 0 bridgehead atoms. The molecule has 0 spiro atoms. The van der Waals surface area contributed by atoms with Crippen LogP contribution in [-0.4, -0.2) is 0 Å². The second-order valence-electron chi connectivity index (χ2n) is 10.1. The van der Waals surface area contributed by atoms with Crippen LogP contribution < -0.4 is 4.74 Å². The van der Waals surface area contributed by atoms with Crippen molar-refractivity contribution in [2.45, 2.75) is 6.92 Å². The number of benzene rings is 7. The van der Waals surface area contributed by atoms with Crippen molar-refractivity contribution in [2.24, 2.45) is 0 Å². The van der Waals surface area contributed by atoms with Gasteiger partial charge in [-0.15, -0.1) is 0 Å². The third-order valence-electron chi connectivity index (χ3n) is 7.99. The van der Waals surface area contributed by atoms with Gasteiger partial charge >= 0.3 is 0 Å². The Hall–Kier alpha value is -4.88. The molecule has 8 rings (SSSR count). The highest BCUT2D eigenvalue weighted by atomic mass is 16.5. The third-order valence-corrected chi connectivity index (χ3v) is 7.99. The molecule has 0 fully saturated rings. The van der Waals surface area contributed by atoms with E-state index in [1.165, 1.54) is 65.7 Å². The Bertz CT molecular complexity index is 2000. The first kappa shape index (κ1) is 21.2. The van der Waals surface area contributed by atoms with E-state index in [1.54, 1.807) is 0 Å². The van der Waals surface area contributed by atoms with Crippen LogP contribution in [0.1, 0.15) is 5.56 Å². The van der Waals surface area contributed by atoms with Crippen LogP contribution in [0.15, 0.2) is 127 Å². The molecule has 1 heterocycles. The van der Waals surface area contributed by atoms with Gasteiger partial charge in [0.15, 0.2) is 0 Å². The third kappa shape index (κ3) is 2.99. The normalized spacial score (nSPS) is 12.0. The van der Waals surface area contributed by atoms with Gasteiger partial charge in [0, 0.05) is 10.9 Å². The van der Waals surface area contributed by atoms with Crippen molar-refractivity contribution in [3.05, 3.63) is 133 Å². The van der Waals surface area contributed by atoms with E-state index in [0.717, 1.165) is 17.1 Å². The molecule has 0 N–H and O–H groups in total. The van der Waals surface area contributed by atoms with E-state index in [1.807, 2.05) is 0 Å². The van der Waals surface area contributed by atoms with Crippen LogP contribution in [0.4, 0.5) is 0 Å². The van der Waals surface area contributed by atoms with E-state index >= 15 is 0 Å². The first-order chi connectivity index (χ1) is 18.8. The summed E-state index contributed by atoms with van der Waals surface area (Å²) < 4.78 is 6.41. The molecule has 1 heteroatoms. The molecule has 0 aromatic heterocycles. The Kier molecular flexibility index (Phi) is 4.50. The lowest BCUT2D eigenvalue weighted by Crippen LogP contribution is -1.98. The molecule has 38 heavy (non-hydrogen) atoms. The molecule has 0 saturated carbocycles. The Morgan fingerprint density at radius 2 is 1.05 bits per heavy atom. The monoisotopic (exact) mass is 484 g/mol. The minimum absolute atomic E-state index is 0.907. The van der Waals surface area contributed by atoms with Gasteiger partial charge in [-0.05, 0) is 85.4 Å². The number of rotatable bonds is 2. The minimum atomic E-state index is 0.907. The quantitative estimate of drug-likeness (QED) is 0.222. The summed E-state index contributed by atoms with van der Waals surface area (Å²) in [4.78, 5) is 0. The number of aryl methyl sites for hydroxylation is 1. The summed E-state index contributed by atoms with van der Waals surface area (Å²) in [7, 11) is 0. The summed E-state index contributed by atoms with van der Waals surface area (Å²) >= 11 is 0. The SMILES string of the molecule is Cc1ccccc1-c1c2ccccc2c(-c2ccc3c(c2)-c2cccc4cccc(c24)O3)c2ccccc12. The lowest BCUT2D eigenvalue weighted by atomic mass is 9.84. The lowest BCUT2D eigenvalue weighted by Gasteiger charge is -2.23. The number of hydrogen-bond acceptors (Lipinski definition) is 1. The lowest BCUT2D eigenvalue weighted by molar-refractivity contribution is 0.487. The standard InChI is InChI=1S/C37H24O/c1-23-10-2-3-13-26(23)37-29-16-6-4-14-27(29)35(28-15-5-7-17-30(28)37)25-20-21-33-32(22-25)31-18-8-11-24-12-9-19-34(38-33)36(24)31/h2-22H,1H3. The highest BCUT2D eigenvalue weighted by Crippen LogP contribution is 2.49. The predicted octanol–water partition coefficient (Wildman–Crippen LogP) is 10.6. The van der Waals surface area contributed by atoms with Crippen LogP contribution in [0, 0.1) is 6.92 Å². The van der Waals surface area contributed by atoms with Gasteiger partial charge in [0.05, 0.1) is 0 Å². The van der Waals surface area contributed by atoms with Crippen LogP contribution >= 0.6 is 0 Å². The Morgan fingerprint density at radius 1 is 0.447 bits per heavy atom. The average molecular weight is 485 g/mol. The summed E-state index contributed by atoms with van der Waals surface area (Å²) in [5, 5.41) is 7.46. The second-order valence-corrected chi connectivity index (χ2v) is 10.1. The predicted molar refractivity (Wildman–Crippen MR) is 160 cm³/mol. The first-order valence-corrected chi connectivity index (χ1v) is 13.1. The molecule has 0 atom stereocenters. The van der Waals surface area contributed by atoms with Gasteiger partial charge in [0.2, 0.25) is 0 Å². The van der Waals surface area contributed by atoms with E-state index in [2.05, 4.69) is 134 Å². The van der Waals surface area contributed by atoms with Crippen molar-refractivity contribution < 1.29 is 4.74 Å². The van der Waals surface area contributed by atoms with Crippen LogP contribution in [0.3, 0.4) is 0 Å². The fourth-order valence-electron chi connectivity index (χ4n) is 6.30. The Morgan fingerprint density at radius 3 is 1.76 bits per heavy atom. The summed E-state index contributed by atoms with van der Waals surface area (Å²) in [5.41, 5.74) is 8.71. The molecule has 7 aromatic carbocycles. The molecule has 0 amide bonds. The van der Waals surface area contributed by atoms with Gasteiger partial charge in [-0.3, -0.25) is 0 Å². The largest absolute Gasteiger partial charge is 0.456 e. The van der Waals surface area contributed by atoms with Crippen molar-refractivity contribution in [1.82, 2.24) is 0 Å². The van der Waals surface area contributed by atoms with Gasteiger partial charge in [0.25, 0.3) is 0 Å². The van der Waals surface area contributed by atoms with E-state index in [9.17, 15) is 0 Å². The molecular formula is C37H24O. The second kappa shape index (κ2) is 8.06. The van der Waals surface area contributed by atoms with Crippen molar-refractivity contribution in [1.29, 1.82) is 0 Å². The minimum Gasteiger partial charge on any atom is -0.456 e. The summed E-state index contributed by atoms with van der Waals surface area (Å²) in [6, 6.07) is 45.9. The van der Waals surface area contributed by atoms with Gasteiger partial charge in [-0.2, -0.15) is 0 Å². The van der Waals surface area contributed by atoms with Crippen LogP contribution in [-0.2, 0) is 0 Å². The fourth-order valence-corrected chi connectivity index (χ4v) is 6.30. The average Bonchev–Trinajstić information content (AvgIpc) is 2.97. The van der Waals surface area contributed by atoms with Gasteiger partial charge in [0.1, 0.15) is 11.5 Å². The van der Waals surface area contributed by atoms with Crippen molar-refractivity contribution in [3.8, 4) is 44.9 Å². The molecular weight excluding hydrogens is 460 g/mol. The maximum absolute atomic E-state index is 6.41. The topological polar surface area (TPSA) is 9.23 Å². The summed E-state index contributed by atoms with van der Waals surface area (Å²) in [5.74, 6) is 1.84. The zero-order chi connectivity index (χ0) is 25.2. The van der Waals surface area contributed by atoms with Crippen molar-refractivity contribution in [3.63, 3.8) is 0 Å². The van der Waals surface area contributed by atoms with E-state index in [-0.39, 0.29) is 0 Å². The first-order valence-electron chi connectivity index (χ1n) is 13.1. The molecule has 1 aliphatic rings.